The number of pyridine rings is 1. The lowest BCUT2D eigenvalue weighted by Crippen LogP contribution is -2.02. The van der Waals surface area contributed by atoms with Gasteiger partial charge in [-0.2, -0.15) is 0 Å². The van der Waals surface area contributed by atoms with E-state index in [1.807, 2.05) is 0 Å². The Bertz CT molecular complexity index is 628. The summed E-state index contributed by atoms with van der Waals surface area (Å²) in [5, 5.41) is 15.7. The highest BCUT2D eigenvalue weighted by Crippen LogP contribution is 2.30. The second kappa shape index (κ2) is 5.01. The van der Waals surface area contributed by atoms with E-state index in [0.717, 1.165) is 5.69 Å². The molecule has 0 radical (unpaired) electrons. The molecule has 2 aromatic rings. The number of rotatable bonds is 4. The van der Waals surface area contributed by atoms with Crippen LogP contribution >= 0.6 is 11.6 Å². The lowest BCUT2D eigenvalue weighted by atomic mass is 10.1. The van der Waals surface area contributed by atoms with Gasteiger partial charge in [0.05, 0.1) is 16.9 Å². The summed E-state index contributed by atoms with van der Waals surface area (Å²) < 4.78 is 0. The van der Waals surface area contributed by atoms with Crippen LogP contribution in [0.3, 0.4) is 0 Å². The van der Waals surface area contributed by atoms with E-state index < -0.39 is 4.92 Å². The number of halogens is 1. The maximum atomic E-state index is 10.9. The number of benzene rings is 1. The van der Waals surface area contributed by atoms with Crippen LogP contribution in [0.15, 0.2) is 42.2 Å². The second-order valence-corrected chi connectivity index (χ2v) is 4.22. The molecule has 0 aliphatic rings. The van der Waals surface area contributed by atoms with Crippen LogP contribution < -0.4 is 5.32 Å². The molecule has 0 saturated heterocycles. The lowest BCUT2D eigenvalue weighted by molar-refractivity contribution is -0.383. The van der Waals surface area contributed by atoms with E-state index in [4.69, 9.17) is 11.6 Å². The van der Waals surface area contributed by atoms with E-state index in [9.17, 15) is 10.1 Å². The summed E-state index contributed by atoms with van der Waals surface area (Å²) in [6.45, 7) is 3.97. The first-order valence-corrected chi connectivity index (χ1v) is 5.55. The number of nitrogens with zero attached hydrogens (tertiary/aromatic N) is 2. The molecular formula is C12H10ClN3O2. The molecule has 1 N–H and O–H groups in total. The fraction of sp³-hybridized carbons (Fsp3) is 0.0833. The summed E-state index contributed by atoms with van der Waals surface area (Å²) in [6.07, 6.45) is 3.11. The van der Waals surface area contributed by atoms with Crippen molar-refractivity contribution in [2.75, 3.05) is 11.9 Å². The molecule has 0 spiro atoms. The normalized spacial score (nSPS) is 10.3. The fourth-order valence-electron chi connectivity index (χ4n) is 1.68. The quantitative estimate of drug-likeness (QED) is 0.679. The van der Waals surface area contributed by atoms with Crippen molar-refractivity contribution in [1.29, 1.82) is 0 Å². The van der Waals surface area contributed by atoms with E-state index in [2.05, 4.69) is 16.9 Å². The molecule has 1 heterocycles. The Hall–Kier alpha value is -2.14. The number of nitrogens with one attached hydrogen (secondary N) is 1. The van der Waals surface area contributed by atoms with Crippen LogP contribution in [0.25, 0.3) is 10.8 Å². The summed E-state index contributed by atoms with van der Waals surface area (Å²) >= 11 is 5.68. The predicted octanol–water partition coefficient (Wildman–Crippen LogP) is 3.31. The minimum Gasteiger partial charge on any atom is -0.380 e. The van der Waals surface area contributed by atoms with Crippen molar-refractivity contribution >= 4 is 33.7 Å². The standard InChI is InChI=1S/C12H10ClN3O2/c1-8(13)6-15-11-2-3-12(16(17)18)9-4-5-14-7-10(9)11/h2-5,7,15H,1,6H2. The third-order valence-corrected chi connectivity index (χ3v) is 2.60. The lowest BCUT2D eigenvalue weighted by Gasteiger charge is -2.08. The molecule has 0 aliphatic carbocycles. The molecule has 0 atom stereocenters. The molecule has 92 valence electrons. The zero-order valence-corrected chi connectivity index (χ0v) is 10.1. The Morgan fingerprint density at radius 3 is 2.89 bits per heavy atom. The summed E-state index contributed by atoms with van der Waals surface area (Å²) in [4.78, 5) is 14.5. The number of fused-ring (bicyclic) bond motifs is 1. The molecular weight excluding hydrogens is 254 g/mol. The highest BCUT2D eigenvalue weighted by molar-refractivity contribution is 6.29. The summed E-state index contributed by atoms with van der Waals surface area (Å²) in [5.41, 5.74) is 0.799. The molecule has 0 saturated carbocycles. The van der Waals surface area contributed by atoms with E-state index in [-0.39, 0.29) is 5.69 Å². The van der Waals surface area contributed by atoms with Gasteiger partial charge in [0.15, 0.2) is 0 Å². The molecule has 1 aromatic carbocycles. The summed E-state index contributed by atoms with van der Waals surface area (Å²) in [5.74, 6) is 0. The van der Waals surface area contributed by atoms with Gasteiger partial charge in [-0.1, -0.05) is 18.2 Å². The van der Waals surface area contributed by atoms with Gasteiger partial charge in [-0.15, -0.1) is 0 Å². The van der Waals surface area contributed by atoms with Crippen molar-refractivity contribution in [2.24, 2.45) is 0 Å². The molecule has 18 heavy (non-hydrogen) atoms. The third kappa shape index (κ3) is 2.41. The third-order valence-electron chi connectivity index (χ3n) is 2.46. The van der Waals surface area contributed by atoms with Gasteiger partial charge in [-0.3, -0.25) is 15.1 Å². The van der Waals surface area contributed by atoms with Crippen LogP contribution in [0.2, 0.25) is 0 Å². The van der Waals surface area contributed by atoms with E-state index in [1.165, 1.54) is 12.3 Å². The van der Waals surface area contributed by atoms with Gasteiger partial charge in [0.1, 0.15) is 0 Å². The van der Waals surface area contributed by atoms with Crippen LogP contribution in [-0.4, -0.2) is 16.5 Å². The van der Waals surface area contributed by atoms with Crippen LogP contribution in [-0.2, 0) is 0 Å². The molecule has 1 aromatic heterocycles. The molecule has 6 heteroatoms. The largest absolute Gasteiger partial charge is 0.380 e. The van der Waals surface area contributed by atoms with Gasteiger partial charge in [-0.25, -0.2) is 0 Å². The van der Waals surface area contributed by atoms with E-state index in [1.54, 1.807) is 18.3 Å². The number of hydrogen-bond donors (Lipinski definition) is 1. The molecule has 0 amide bonds. The summed E-state index contributed by atoms with van der Waals surface area (Å²) in [7, 11) is 0. The molecule has 0 unspecified atom stereocenters. The Labute approximate surface area is 108 Å². The zero-order chi connectivity index (χ0) is 13.1. The smallest absolute Gasteiger partial charge is 0.277 e. The number of anilines is 1. The Morgan fingerprint density at radius 2 is 2.22 bits per heavy atom. The average molecular weight is 264 g/mol. The van der Waals surface area contributed by atoms with Crippen LogP contribution in [0.1, 0.15) is 0 Å². The van der Waals surface area contributed by atoms with Gasteiger partial charge < -0.3 is 5.32 Å². The second-order valence-electron chi connectivity index (χ2n) is 3.68. The average Bonchev–Trinajstić information content (AvgIpc) is 2.35. The number of hydrogen-bond acceptors (Lipinski definition) is 4. The number of non-ortho nitro benzene ring substituents is 1. The van der Waals surface area contributed by atoms with Crippen LogP contribution in [0.5, 0.6) is 0 Å². The topological polar surface area (TPSA) is 68.1 Å². The van der Waals surface area contributed by atoms with Gasteiger partial charge in [-0.05, 0) is 12.1 Å². The Kier molecular flexibility index (Phi) is 3.43. The molecule has 5 nitrogen and oxygen atoms in total. The molecule has 0 fully saturated rings. The minimum absolute atomic E-state index is 0.0580. The SMILES string of the molecule is C=C(Cl)CNc1ccc([N+](=O)[O-])c2ccncc12. The first-order valence-electron chi connectivity index (χ1n) is 5.18. The monoisotopic (exact) mass is 263 g/mol. The van der Waals surface area contributed by atoms with Crippen LogP contribution in [0, 0.1) is 10.1 Å². The van der Waals surface area contributed by atoms with Crippen LogP contribution in [0.4, 0.5) is 11.4 Å². The maximum Gasteiger partial charge on any atom is 0.277 e. The van der Waals surface area contributed by atoms with Crippen molar-refractivity contribution in [3.63, 3.8) is 0 Å². The highest BCUT2D eigenvalue weighted by Gasteiger charge is 2.13. The number of nitro benzene ring substituents is 1. The van der Waals surface area contributed by atoms with E-state index >= 15 is 0 Å². The van der Waals surface area contributed by atoms with Gasteiger partial charge in [0.2, 0.25) is 0 Å². The van der Waals surface area contributed by atoms with E-state index in [0.29, 0.717) is 22.3 Å². The van der Waals surface area contributed by atoms with Crippen molar-refractivity contribution in [2.45, 2.75) is 0 Å². The maximum absolute atomic E-state index is 10.9. The van der Waals surface area contributed by atoms with Gasteiger partial charge >= 0.3 is 0 Å². The number of aromatic nitrogens is 1. The van der Waals surface area contributed by atoms with Crippen molar-refractivity contribution in [3.8, 4) is 0 Å². The van der Waals surface area contributed by atoms with Crippen molar-refractivity contribution in [1.82, 2.24) is 4.98 Å². The molecule has 2 rings (SSSR count). The first kappa shape index (κ1) is 12.3. The summed E-state index contributed by atoms with van der Waals surface area (Å²) in [6, 6.07) is 4.72. The zero-order valence-electron chi connectivity index (χ0n) is 9.39. The predicted molar refractivity (Wildman–Crippen MR) is 71.9 cm³/mol. The minimum atomic E-state index is -0.410. The Balaban J connectivity index is 2.53. The molecule has 0 bridgehead atoms. The fourth-order valence-corrected chi connectivity index (χ4v) is 1.75. The van der Waals surface area contributed by atoms with Crippen molar-refractivity contribution < 1.29 is 4.92 Å². The number of nitro groups is 1. The van der Waals surface area contributed by atoms with Crippen molar-refractivity contribution in [3.05, 3.63) is 52.3 Å². The highest BCUT2D eigenvalue weighted by atomic mass is 35.5. The van der Waals surface area contributed by atoms with Gasteiger partial charge in [0, 0.05) is 34.6 Å². The Morgan fingerprint density at radius 1 is 1.44 bits per heavy atom. The molecule has 0 aliphatic heterocycles. The van der Waals surface area contributed by atoms with Gasteiger partial charge in [0.25, 0.3) is 5.69 Å². The first-order chi connectivity index (χ1) is 8.59.